The third kappa shape index (κ3) is 2.42. The van der Waals surface area contributed by atoms with Crippen molar-refractivity contribution in [1.82, 2.24) is 5.32 Å². The maximum absolute atomic E-state index is 13.7. The van der Waals surface area contributed by atoms with Gasteiger partial charge in [-0.15, -0.1) is 0 Å². The van der Waals surface area contributed by atoms with E-state index < -0.39 is 48.8 Å². The summed E-state index contributed by atoms with van der Waals surface area (Å²) in [5.74, 6) is -6.69. The Morgan fingerprint density at radius 2 is 2.06 bits per heavy atom. The molecule has 0 aliphatic carbocycles. The standard InChI is InChI=1S/C9H13F2NO6/c1-3(14)12-5-4(2-13)18-9(11,8(16)17)7(10)6(5)15/h4-7,13,15H,2H2,1H3,(H,12,14)(H,16,17)/t4?,5-,6+,7?,9+/m1/s1. The molecule has 2 unspecified atom stereocenters. The molecule has 1 fully saturated rings. The van der Waals surface area contributed by atoms with Crippen LogP contribution in [0.4, 0.5) is 8.78 Å². The number of halogens is 2. The predicted octanol–water partition coefficient (Wildman–Crippen LogP) is -1.67. The van der Waals surface area contributed by atoms with Gasteiger partial charge in [0.25, 0.3) is 0 Å². The van der Waals surface area contributed by atoms with Crippen LogP contribution in [0.3, 0.4) is 0 Å². The van der Waals surface area contributed by atoms with Gasteiger partial charge in [-0.05, 0) is 0 Å². The van der Waals surface area contributed by atoms with Crippen molar-refractivity contribution < 1.29 is 38.4 Å². The molecule has 18 heavy (non-hydrogen) atoms. The van der Waals surface area contributed by atoms with Crippen LogP contribution in [-0.2, 0) is 14.3 Å². The number of amides is 1. The number of nitrogens with one attached hydrogen (secondary N) is 1. The van der Waals surface area contributed by atoms with E-state index >= 15 is 0 Å². The first kappa shape index (κ1) is 14.7. The minimum absolute atomic E-state index is 0.671. The number of carboxylic acids is 1. The van der Waals surface area contributed by atoms with Gasteiger partial charge in [0, 0.05) is 6.92 Å². The molecular weight excluding hydrogens is 256 g/mol. The van der Waals surface area contributed by atoms with Crippen LogP contribution in [0.15, 0.2) is 0 Å². The van der Waals surface area contributed by atoms with Crippen LogP contribution in [-0.4, -0.2) is 64.1 Å². The Kier molecular flexibility index (Phi) is 4.20. The van der Waals surface area contributed by atoms with Crippen molar-refractivity contribution in [2.45, 2.75) is 37.2 Å². The van der Waals surface area contributed by atoms with Gasteiger partial charge in [0.15, 0.2) is 6.17 Å². The molecule has 0 aromatic heterocycles. The van der Waals surface area contributed by atoms with Gasteiger partial charge in [0.2, 0.25) is 5.91 Å². The van der Waals surface area contributed by atoms with Crippen molar-refractivity contribution in [2.24, 2.45) is 0 Å². The SMILES string of the molecule is CC(=O)N[C@@H]1C(CO)O[C@](F)(C(=O)O)C(F)[C@H]1O. The molecule has 104 valence electrons. The van der Waals surface area contributed by atoms with E-state index in [1.165, 1.54) is 0 Å². The van der Waals surface area contributed by atoms with E-state index in [0.29, 0.717) is 0 Å². The van der Waals surface area contributed by atoms with Crippen molar-refractivity contribution >= 4 is 11.9 Å². The molecule has 0 bridgehead atoms. The number of alkyl halides is 2. The van der Waals surface area contributed by atoms with Crippen molar-refractivity contribution in [3.05, 3.63) is 0 Å². The van der Waals surface area contributed by atoms with Gasteiger partial charge in [-0.25, -0.2) is 9.18 Å². The molecule has 5 atom stereocenters. The Morgan fingerprint density at radius 1 is 1.50 bits per heavy atom. The van der Waals surface area contributed by atoms with Gasteiger partial charge in [-0.3, -0.25) is 4.79 Å². The van der Waals surface area contributed by atoms with E-state index in [9.17, 15) is 23.5 Å². The Labute approximate surface area is 100 Å². The molecule has 0 saturated carbocycles. The zero-order valence-corrected chi connectivity index (χ0v) is 9.34. The Morgan fingerprint density at radius 3 is 2.44 bits per heavy atom. The molecule has 4 N–H and O–H groups in total. The van der Waals surface area contributed by atoms with E-state index in [2.05, 4.69) is 10.1 Å². The summed E-state index contributed by atoms with van der Waals surface area (Å²) in [5, 5.41) is 29.0. The molecule has 1 amide bonds. The molecule has 0 aromatic carbocycles. The fraction of sp³-hybridized carbons (Fsp3) is 0.778. The highest BCUT2D eigenvalue weighted by Crippen LogP contribution is 2.33. The number of ether oxygens (including phenoxy) is 1. The topological polar surface area (TPSA) is 116 Å². The Balaban J connectivity index is 3.01. The number of carbonyl (C=O) groups excluding carboxylic acids is 1. The van der Waals surface area contributed by atoms with E-state index in [-0.39, 0.29) is 0 Å². The van der Waals surface area contributed by atoms with Gasteiger partial charge in [-0.2, -0.15) is 4.39 Å². The molecule has 1 heterocycles. The molecule has 1 rings (SSSR count). The number of aliphatic hydroxyl groups excluding tert-OH is 2. The first-order chi connectivity index (χ1) is 8.24. The zero-order chi connectivity index (χ0) is 14.1. The molecule has 1 aliphatic heterocycles. The molecular formula is C9H13F2NO6. The summed E-state index contributed by atoms with van der Waals surface area (Å²) < 4.78 is 31.5. The molecule has 1 aliphatic rings. The van der Waals surface area contributed by atoms with E-state index in [1.54, 1.807) is 0 Å². The summed E-state index contributed by atoms with van der Waals surface area (Å²) in [6.07, 6.45) is -6.62. The van der Waals surface area contributed by atoms with Crippen LogP contribution in [0, 0.1) is 0 Å². The maximum Gasteiger partial charge on any atom is 0.372 e. The molecule has 7 nitrogen and oxygen atoms in total. The lowest BCUT2D eigenvalue weighted by molar-refractivity contribution is -0.278. The van der Waals surface area contributed by atoms with Crippen molar-refractivity contribution in [3.63, 3.8) is 0 Å². The summed E-state index contributed by atoms with van der Waals surface area (Å²) in [6, 6.07) is -1.44. The number of hydrogen-bond acceptors (Lipinski definition) is 5. The lowest BCUT2D eigenvalue weighted by atomic mass is 9.92. The highest BCUT2D eigenvalue weighted by molar-refractivity contribution is 5.77. The second-order valence-corrected chi connectivity index (χ2v) is 3.91. The summed E-state index contributed by atoms with van der Waals surface area (Å²) in [7, 11) is 0. The van der Waals surface area contributed by atoms with Gasteiger partial charge >= 0.3 is 11.8 Å². The number of carboxylic acid groups (broad SMARTS) is 1. The third-order valence-corrected chi connectivity index (χ3v) is 2.59. The van der Waals surface area contributed by atoms with E-state index in [0.717, 1.165) is 6.92 Å². The van der Waals surface area contributed by atoms with E-state index in [4.69, 9.17) is 10.2 Å². The van der Waals surface area contributed by atoms with Crippen molar-refractivity contribution in [3.8, 4) is 0 Å². The number of rotatable bonds is 3. The minimum atomic E-state index is -3.76. The number of hydrogen-bond donors (Lipinski definition) is 4. The third-order valence-electron chi connectivity index (χ3n) is 2.59. The second kappa shape index (κ2) is 5.12. The first-order valence-corrected chi connectivity index (χ1v) is 5.04. The molecule has 0 radical (unpaired) electrons. The highest BCUT2D eigenvalue weighted by atomic mass is 19.2. The normalized spacial score (nSPS) is 40.3. The number of aliphatic carboxylic acids is 1. The minimum Gasteiger partial charge on any atom is -0.477 e. The lowest BCUT2D eigenvalue weighted by Crippen LogP contribution is -2.68. The number of aliphatic hydroxyl groups is 2. The molecule has 1 saturated heterocycles. The van der Waals surface area contributed by atoms with Gasteiger partial charge in [0.1, 0.15) is 12.2 Å². The van der Waals surface area contributed by atoms with Crippen molar-refractivity contribution in [2.75, 3.05) is 6.61 Å². The lowest BCUT2D eigenvalue weighted by Gasteiger charge is -2.42. The fourth-order valence-electron chi connectivity index (χ4n) is 1.71. The van der Waals surface area contributed by atoms with Crippen LogP contribution >= 0.6 is 0 Å². The quantitative estimate of drug-likeness (QED) is 0.487. The van der Waals surface area contributed by atoms with Crippen LogP contribution in [0.2, 0.25) is 0 Å². The predicted molar refractivity (Wildman–Crippen MR) is 51.9 cm³/mol. The summed E-state index contributed by atoms with van der Waals surface area (Å²) in [4.78, 5) is 21.4. The van der Waals surface area contributed by atoms with Crippen LogP contribution in [0.5, 0.6) is 0 Å². The highest BCUT2D eigenvalue weighted by Gasteiger charge is 2.61. The first-order valence-electron chi connectivity index (χ1n) is 5.04. The van der Waals surface area contributed by atoms with E-state index in [1.807, 2.05) is 0 Å². The zero-order valence-electron chi connectivity index (χ0n) is 9.34. The Bertz CT molecular complexity index is 352. The molecule has 9 heteroatoms. The van der Waals surface area contributed by atoms with Gasteiger partial charge < -0.3 is 25.4 Å². The van der Waals surface area contributed by atoms with Gasteiger partial charge in [-0.1, -0.05) is 0 Å². The summed E-state index contributed by atoms with van der Waals surface area (Å²) in [6.45, 7) is 0.163. The Hall–Kier alpha value is -1.32. The van der Waals surface area contributed by atoms with Crippen molar-refractivity contribution in [1.29, 1.82) is 0 Å². The molecule has 0 spiro atoms. The smallest absolute Gasteiger partial charge is 0.372 e. The molecule has 0 aromatic rings. The largest absolute Gasteiger partial charge is 0.477 e. The average molecular weight is 269 g/mol. The maximum atomic E-state index is 13.7. The summed E-state index contributed by atoms with van der Waals surface area (Å²) in [5.41, 5.74) is 0. The second-order valence-electron chi connectivity index (χ2n) is 3.91. The van der Waals surface area contributed by atoms with Crippen LogP contribution in [0.1, 0.15) is 6.92 Å². The summed E-state index contributed by atoms with van der Waals surface area (Å²) >= 11 is 0. The van der Waals surface area contributed by atoms with Gasteiger partial charge in [0.05, 0.1) is 12.6 Å². The number of carbonyl (C=O) groups is 2. The monoisotopic (exact) mass is 269 g/mol. The fourth-order valence-corrected chi connectivity index (χ4v) is 1.71. The average Bonchev–Trinajstić information content (AvgIpc) is 2.29. The van der Waals surface area contributed by atoms with Crippen LogP contribution in [0.25, 0.3) is 0 Å². The van der Waals surface area contributed by atoms with Crippen LogP contribution < -0.4 is 5.32 Å².